The molecule has 120 valence electrons. The number of hydrogen-bond donors (Lipinski definition) is 2. The molecule has 6 heteroatoms. The molecule has 21 heavy (non-hydrogen) atoms. The Kier molecular flexibility index (Phi) is 7.11. The Bertz CT molecular complexity index is 440. The highest BCUT2D eigenvalue weighted by atomic mass is 32.1. The molecule has 0 radical (unpaired) electrons. The summed E-state index contributed by atoms with van der Waals surface area (Å²) in [4.78, 5) is 16.4. The quantitative estimate of drug-likeness (QED) is 0.760. The Morgan fingerprint density at radius 3 is 2.76 bits per heavy atom. The van der Waals surface area contributed by atoms with E-state index >= 15 is 0 Å². The average Bonchev–Trinajstić information content (AvgIpc) is 2.88. The van der Waals surface area contributed by atoms with Crippen molar-refractivity contribution in [2.45, 2.75) is 52.5 Å². The van der Waals surface area contributed by atoms with Crippen molar-refractivity contribution in [1.82, 2.24) is 15.6 Å². The predicted octanol–water partition coefficient (Wildman–Crippen LogP) is 3.23. The predicted molar refractivity (Wildman–Crippen MR) is 86.9 cm³/mol. The van der Waals surface area contributed by atoms with Crippen molar-refractivity contribution in [2.75, 3.05) is 19.8 Å². The summed E-state index contributed by atoms with van der Waals surface area (Å²) in [5.41, 5.74) is 1.10. The van der Waals surface area contributed by atoms with Crippen LogP contribution in [0.4, 0.5) is 4.79 Å². The molecule has 1 rings (SSSR count). The molecule has 1 heterocycles. The van der Waals surface area contributed by atoms with Crippen LogP contribution in [0.5, 0.6) is 0 Å². The van der Waals surface area contributed by atoms with Gasteiger partial charge in [-0.25, -0.2) is 9.78 Å². The molecule has 0 spiro atoms. The number of urea groups is 1. The van der Waals surface area contributed by atoms with E-state index in [0.717, 1.165) is 17.1 Å². The molecular weight excluding hydrogens is 286 g/mol. The van der Waals surface area contributed by atoms with Crippen LogP contribution in [0.1, 0.15) is 57.8 Å². The van der Waals surface area contributed by atoms with Crippen LogP contribution in [0.15, 0.2) is 5.38 Å². The summed E-state index contributed by atoms with van der Waals surface area (Å²) in [7, 11) is 0. The zero-order chi connectivity index (χ0) is 15.9. The fraction of sp³-hybridized carbons (Fsp3) is 0.733. The van der Waals surface area contributed by atoms with E-state index < -0.39 is 0 Å². The summed E-state index contributed by atoms with van der Waals surface area (Å²) >= 11 is 1.59. The lowest BCUT2D eigenvalue weighted by Gasteiger charge is -2.15. The zero-order valence-electron chi connectivity index (χ0n) is 13.7. The highest BCUT2D eigenvalue weighted by Gasteiger charge is 2.20. The van der Waals surface area contributed by atoms with Gasteiger partial charge in [0.05, 0.1) is 11.7 Å². The van der Waals surface area contributed by atoms with Gasteiger partial charge in [0, 0.05) is 30.6 Å². The molecule has 0 bridgehead atoms. The maximum atomic E-state index is 11.8. The van der Waals surface area contributed by atoms with Crippen molar-refractivity contribution in [2.24, 2.45) is 0 Å². The van der Waals surface area contributed by atoms with Gasteiger partial charge >= 0.3 is 6.03 Å². The van der Waals surface area contributed by atoms with Crippen LogP contribution in [-0.2, 0) is 10.2 Å². The summed E-state index contributed by atoms with van der Waals surface area (Å²) in [5, 5.41) is 8.73. The molecule has 0 aromatic carbocycles. The summed E-state index contributed by atoms with van der Waals surface area (Å²) in [6, 6.07) is -0.246. The minimum absolute atomic E-state index is 0.0377. The first-order valence-corrected chi connectivity index (χ1v) is 8.30. The summed E-state index contributed by atoms with van der Waals surface area (Å²) in [6.45, 7) is 12.3. The highest BCUT2D eigenvalue weighted by Crippen LogP contribution is 2.26. The number of carbonyl (C=O) groups excluding carboxylic acids is 1. The van der Waals surface area contributed by atoms with Gasteiger partial charge in [0.15, 0.2) is 0 Å². The van der Waals surface area contributed by atoms with Crippen LogP contribution in [0.3, 0.4) is 0 Å². The molecule has 0 saturated carbocycles. The second-order valence-electron chi connectivity index (χ2n) is 5.99. The Labute approximate surface area is 131 Å². The van der Waals surface area contributed by atoms with Gasteiger partial charge in [0.2, 0.25) is 0 Å². The number of amides is 2. The number of aromatic nitrogens is 1. The molecule has 1 aromatic rings. The molecule has 2 N–H and O–H groups in total. The second kappa shape index (κ2) is 8.34. The molecule has 1 unspecified atom stereocenters. The third-order valence-corrected chi connectivity index (χ3v) is 3.99. The van der Waals surface area contributed by atoms with Crippen LogP contribution in [0.25, 0.3) is 0 Å². The maximum Gasteiger partial charge on any atom is 0.315 e. The third kappa shape index (κ3) is 6.44. The van der Waals surface area contributed by atoms with E-state index in [9.17, 15) is 4.79 Å². The van der Waals surface area contributed by atoms with Gasteiger partial charge in [0.25, 0.3) is 0 Å². The monoisotopic (exact) mass is 313 g/mol. The van der Waals surface area contributed by atoms with Crippen molar-refractivity contribution in [3.63, 3.8) is 0 Å². The van der Waals surface area contributed by atoms with E-state index in [1.807, 2.05) is 13.8 Å². The summed E-state index contributed by atoms with van der Waals surface area (Å²) in [6.07, 6.45) is 0.821. The van der Waals surface area contributed by atoms with Crippen LogP contribution < -0.4 is 10.6 Å². The molecular formula is C15H27N3O2S. The third-order valence-electron chi connectivity index (χ3n) is 2.96. The van der Waals surface area contributed by atoms with E-state index in [1.54, 1.807) is 11.3 Å². The molecule has 5 nitrogen and oxygen atoms in total. The molecule has 0 aliphatic rings. The fourth-order valence-corrected chi connectivity index (χ4v) is 2.71. The first-order chi connectivity index (χ1) is 9.84. The minimum atomic E-state index is -0.161. The SMILES string of the molecule is CCOCCCNC(=O)NC(C)c1nc(C(C)(C)C)cs1. The van der Waals surface area contributed by atoms with E-state index in [4.69, 9.17) is 4.74 Å². The van der Waals surface area contributed by atoms with Crippen molar-refractivity contribution in [3.05, 3.63) is 16.1 Å². The minimum Gasteiger partial charge on any atom is -0.382 e. The van der Waals surface area contributed by atoms with Crippen LogP contribution in [0, 0.1) is 0 Å². The largest absolute Gasteiger partial charge is 0.382 e. The lowest BCUT2D eigenvalue weighted by atomic mass is 9.93. The van der Waals surface area contributed by atoms with Gasteiger partial charge in [-0.2, -0.15) is 0 Å². The van der Waals surface area contributed by atoms with Crippen molar-refractivity contribution in [3.8, 4) is 0 Å². The van der Waals surface area contributed by atoms with Crippen molar-refractivity contribution >= 4 is 17.4 Å². The normalized spacial score (nSPS) is 13.0. The number of carbonyl (C=O) groups is 1. The molecule has 0 aliphatic carbocycles. The van der Waals surface area contributed by atoms with E-state index in [1.165, 1.54) is 0 Å². The number of rotatable bonds is 7. The molecule has 1 atom stereocenters. The Hall–Kier alpha value is -1.14. The van der Waals surface area contributed by atoms with Crippen LogP contribution >= 0.6 is 11.3 Å². The fourth-order valence-electron chi connectivity index (χ4n) is 1.66. The number of thiazole rings is 1. The lowest BCUT2D eigenvalue weighted by molar-refractivity contribution is 0.145. The second-order valence-corrected chi connectivity index (χ2v) is 6.88. The number of ether oxygens (including phenoxy) is 1. The molecule has 1 aromatic heterocycles. The van der Waals surface area contributed by atoms with E-state index in [2.05, 4.69) is 41.8 Å². The van der Waals surface area contributed by atoms with Gasteiger partial charge in [-0.3, -0.25) is 0 Å². The van der Waals surface area contributed by atoms with Crippen LogP contribution in [0.2, 0.25) is 0 Å². The highest BCUT2D eigenvalue weighted by molar-refractivity contribution is 7.09. The smallest absolute Gasteiger partial charge is 0.315 e. The average molecular weight is 313 g/mol. The Balaban J connectivity index is 2.37. The summed E-state index contributed by atoms with van der Waals surface area (Å²) in [5.74, 6) is 0. The van der Waals surface area contributed by atoms with Crippen molar-refractivity contribution < 1.29 is 9.53 Å². The summed E-state index contributed by atoms with van der Waals surface area (Å²) < 4.78 is 5.22. The van der Waals surface area contributed by atoms with Crippen molar-refractivity contribution in [1.29, 1.82) is 0 Å². The van der Waals surface area contributed by atoms with Gasteiger partial charge in [-0.05, 0) is 20.3 Å². The zero-order valence-corrected chi connectivity index (χ0v) is 14.5. The molecule has 0 saturated heterocycles. The Morgan fingerprint density at radius 1 is 1.48 bits per heavy atom. The van der Waals surface area contributed by atoms with Gasteiger partial charge in [-0.15, -0.1) is 11.3 Å². The van der Waals surface area contributed by atoms with Gasteiger partial charge < -0.3 is 15.4 Å². The lowest BCUT2D eigenvalue weighted by Crippen LogP contribution is -2.37. The Morgan fingerprint density at radius 2 is 2.19 bits per heavy atom. The molecule has 0 fully saturated rings. The number of nitrogens with zero attached hydrogens (tertiary/aromatic N) is 1. The standard InChI is InChI=1S/C15H27N3O2S/c1-6-20-9-7-8-16-14(19)17-11(2)13-18-12(10-21-13)15(3,4)5/h10-11H,6-9H2,1-5H3,(H2,16,17,19). The van der Waals surface area contributed by atoms with E-state index in [0.29, 0.717) is 19.8 Å². The van der Waals surface area contributed by atoms with E-state index in [-0.39, 0.29) is 17.5 Å². The number of hydrogen-bond acceptors (Lipinski definition) is 4. The first kappa shape index (κ1) is 17.9. The van der Waals surface area contributed by atoms with Gasteiger partial charge in [-0.1, -0.05) is 20.8 Å². The van der Waals surface area contributed by atoms with Gasteiger partial charge in [0.1, 0.15) is 5.01 Å². The maximum absolute atomic E-state index is 11.8. The molecule has 0 aliphatic heterocycles. The first-order valence-electron chi connectivity index (χ1n) is 7.42. The molecule has 2 amide bonds. The van der Waals surface area contributed by atoms with Crippen LogP contribution in [-0.4, -0.2) is 30.8 Å². The number of nitrogens with one attached hydrogen (secondary N) is 2. The topological polar surface area (TPSA) is 63.2 Å².